The predicted octanol–water partition coefficient (Wildman–Crippen LogP) is 1.56. The SMILES string of the molecule is CC1CN(CC(=O)NCC2(c3ccccc3)CC2)CCO1. The lowest BCUT2D eigenvalue weighted by Gasteiger charge is -2.30. The summed E-state index contributed by atoms with van der Waals surface area (Å²) in [7, 11) is 0. The Hall–Kier alpha value is -1.39. The predicted molar refractivity (Wildman–Crippen MR) is 82.2 cm³/mol. The normalized spacial score (nSPS) is 24.5. The summed E-state index contributed by atoms with van der Waals surface area (Å²) in [5.41, 5.74) is 1.54. The highest BCUT2D eigenvalue weighted by Crippen LogP contribution is 2.47. The third-order valence-electron chi connectivity index (χ3n) is 4.56. The molecule has 1 N–H and O–H groups in total. The molecule has 1 aliphatic carbocycles. The Bertz CT molecular complexity index is 485. The number of morpholine rings is 1. The molecule has 4 nitrogen and oxygen atoms in total. The van der Waals surface area contributed by atoms with Crippen molar-refractivity contribution in [1.82, 2.24) is 10.2 Å². The number of benzene rings is 1. The van der Waals surface area contributed by atoms with E-state index in [4.69, 9.17) is 4.74 Å². The van der Waals surface area contributed by atoms with Gasteiger partial charge in [-0.05, 0) is 25.3 Å². The van der Waals surface area contributed by atoms with E-state index in [0.717, 1.165) is 26.2 Å². The lowest BCUT2D eigenvalue weighted by Crippen LogP contribution is -2.47. The van der Waals surface area contributed by atoms with Crippen LogP contribution in [0, 0.1) is 0 Å². The highest BCUT2D eigenvalue weighted by atomic mass is 16.5. The minimum Gasteiger partial charge on any atom is -0.376 e. The fraction of sp³-hybridized carbons (Fsp3) is 0.588. The maximum absolute atomic E-state index is 12.1. The molecule has 1 aromatic rings. The number of hydrogen-bond acceptors (Lipinski definition) is 3. The molecular weight excluding hydrogens is 264 g/mol. The summed E-state index contributed by atoms with van der Waals surface area (Å²) < 4.78 is 5.50. The molecule has 0 radical (unpaired) electrons. The Labute approximate surface area is 126 Å². The molecule has 1 saturated heterocycles. The first-order chi connectivity index (χ1) is 10.2. The van der Waals surface area contributed by atoms with Crippen LogP contribution in [0.5, 0.6) is 0 Å². The number of rotatable bonds is 5. The van der Waals surface area contributed by atoms with E-state index >= 15 is 0 Å². The zero-order valence-electron chi connectivity index (χ0n) is 12.7. The van der Waals surface area contributed by atoms with Crippen molar-refractivity contribution in [2.24, 2.45) is 0 Å². The largest absolute Gasteiger partial charge is 0.376 e. The molecule has 1 heterocycles. The van der Waals surface area contributed by atoms with E-state index in [1.807, 2.05) is 6.07 Å². The van der Waals surface area contributed by atoms with Crippen LogP contribution in [0.3, 0.4) is 0 Å². The van der Waals surface area contributed by atoms with Gasteiger partial charge in [-0.3, -0.25) is 9.69 Å². The minimum absolute atomic E-state index is 0.131. The molecule has 2 aliphatic rings. The van der Waals surface area contributed by atoms with Gasteiger partial charge in [0.15, 0.2) is 0 Å². The third kappa shape index (κ3) is 3.63. The molecule has 1 unspecified atom stereocenters. The van der Waals surface area contributed by atoms with Crippen LogP contribution in [0.25, 0.3) is 0 Å². The van der Waals surface area contributed by atoms with E-state index in [-0.39, 0.29) is 17.4 Å². The Morgan fingerprint density at radius 3 is 2.81 bits per heavy atom. The Balaban J connectivity index is 1.48. The van der Waals surface area contributed by atoms with Crippen molar-refractivity contribution < 1.29 is 9.53 Å². The van der Waals surface area contributed by atoms with Gasteiger partial charge in [-0.2, -0.15) is 0 Å². The van der Waals surface area contributed by atoms with Crippen molar-refractivity contribution in [3.05, 3.63) is 35.9 Å². The second-order valence-electron chi connectivity index (χ2n) is 6.34. The standard InChI is InChI=1S/C17H24N2O2/c1-14-11-19(9-10-21-14)12-16(20)18-13-17(7-8-17)15-5-3-2-4-6-15/h2-6,14H,7-13H2,1H3,(H,18,20). The number of amides is 1. The molecule has 2 fully saturated rings. The topological polar surface area (TPSA) is 41.6 Å². The molecule has 0 bridgehead atoms. The van der Waals surface area contributed by atoms with Crippen molar-refractivity contribution in [3.8, 4) is 0 Å². The van der Waals surface area contributed by atoms with Gasteiger partial charge in [-0.25, -0.2) is 0 Å². The van der Waals surface area contributed by atoms with Crippen LogP contribution in [-0.4, -0.2) is 49.7 Å². The average molecular weight is 288 g/mol. The van der Waals surface area contributed by atoms with Gasteiger partial charge >= 0.3 is 0 Å². The smallest absolute Gasteiger partial charge is 0.234 e. The van der Waals surface area contributed by atoms with E-state index in [0.29, 0.717) is 6.54 Å². The fourth-order valence-electron chi connectivity index (χ4n) is 3.07. The van der Waals surface area contributed by atoms with Crippen molar-refractivity contribution in [2.75, 3.05) is 32.8 Å². The third-order valence-corrected chi connectivity index (χ3v) is 4.56. The quantitative estimate of drug-likeness (QED) is 0.894. The Morgan fingerprint density at radius 2 is 2.14 bits per heavy atom. The Kier molecular flexibility index (Phi) is 4.27. The maximum Gasteiger partial charge on any atom is 0.234 e. The van der Waals surface area contributed by atoms with Gasteiger partial charge in [-0.15, -0.1) is 0 Å². The summed E-state index contributed by atoms with van der Waals surface area (Å²) in [4.78, 5) is 14.3. The molecular formula is C17H24N2O2. The van der Waals surface area contributed by atoms with E-state index in [2.05, 4.69) is 41.4 Å². The monoisotopic (exact) mass is 288 g/mol. The number of carbonyl (C=O) groups is 1. The number of ether oxygens (including phenoxy) is 1. The summed E-state index contributed by atoms with van der Waals surface area (Å²) >= 11 is 0. The van der Waals surface area contributed by atoms with Crippen molar-refractivity contribution in [3.63, 3.8) is 0 Å². The van der Waals surface area contributed by atoms with Crippen LogP contribution in [0.1, 0.15) is 25.3 Å². The van der Waals surface area contributed by atoms with Gasteiger partial charge in [0.1, 0.15) is 0 Å². The van der Waals surface area contributed by atoms with E-state index in [9.17, 15) is 4.79 Å². The zero-order valence-corrected chi connectivity index (χ0v) is 12.7. The van der Waals surface area contributed by atoms with Crippen LogP contribution in [-0.2, 0) is 14.9 Å². The van der Waals surface area contributed by atoms with Gasteiger partial charge in [-0.1, -0.05) is 30.3 Å². The summed E-state index contributed by atoms with van der Waals surface area (Å²) in [6.07, 6.45) is 2.57. The van der Waals surface area contributed by atoms with Crippen LogP contribution >= 0.6 is 0 Å². The molecule has 1 atom stereocenters. The second-order valence-corrected chi connectivity index (χ2v) is 6.34. The molecule has 21 heavy (non-hydrogen) atoms. The summed E-state index contributed by atoms with van der Waals surface area (Å²) in [5, 5.41) is 3.12. The van der Waals surface area contributed by atoms with Gasteiger partial charge in [0, 0.05) is 25.0 Å². The zero-order chi connectivity index (χ0) is 14.7. The number of carbonyl (C=O) groups excluding carboxylic acids is 1. The first-order valence-corrected chi connectivity index (χ1v) is 7.84. The van der Waals surface area contributed by atoms with E-state index < -0.39 is 0 Å². The molecule has 1 amide bonds. The molecule has 1 aliphatic heterocycles. The number of nitrogens with one attached hydrogen (secondary N) is 1. The number of hydrogen-bond donors (Lipinski definition) is 1. The summed E-state index contributed by atoms with van der Waals surface area (Å²) in [6, 6.07) is 10.5. The molecule has 4 heteroatoms. The molecule has 3 rings (SSSR count). The second kappa shape index (κ2) is 6.16. The summed E-state index contributed by atoms with van der Waals surface area (Å²) in [6.45, 7) is 5.72. The molecule has 0 aromatic heterocycles. The van der Waals surface area contributed by atoms with Crippen LogP contribution in [0.2, 0.25) is 0 Å². The first-order valence-electron chi connectivity index (χ1n) is 7.84. The molecule has 114 valence electrons. The van der Waals surface area contributed by atoms with Crippen LogP contribution in [0.15, 0.2) is 30.3 Å². The lowest BCUT2D eigenvalue weighted by atomic mass is 9.96. The maximum atomic E-state index is 12.1. The average Bonchev–Trinajstić information content (AvgIpc) is 3.27. The van der Waals surface area contributed by atoms with E-state index in [1.54, 1.807) is 0 Å². The van der Waals surface area contributed by atoms with Gasteiger partial charge in [0.05, 0.1) is 19.3 Å². The molecule has 0 spiro atoms. The van der Waals surface area contributed by atoms with Crippen molar-refractivity contribution in [1.29, 1.82) is 0 Å². The minimum atomic E-state index is 0.131. The van der Waals surface area contributed by atoms with Crippen molar-refractivity contribution >= 4 is 5.91 Å². The van der Waals surface area contributed by atoms with Gasteiger partial charge in [0.2, 0.25) is 5.91 Å². The first kappa shape index (κ1) is 14.5. The van der Waals surface area contributed by atoms with Gasteiger partial charge < -0.3 is 10.1 Å². The van der Waals surface area contributed by atoms with Gasteiger partial charge in [0.25, 0.3) is 0 Å². The summed E-state index contributed by atoms with van der Waals surface area (Å²) in [5.74, 6) is 0.131. The molecule has 1 aromatic carbocycles. The Morgan fingerprint density at radius 1 is 1.38 bits per heavy atom. The highest BCUT2D eigenvalue weighted by Gasteiger charge is 2.44. The fourth-order valence-corrected chi connectivity index (χ4v) is 3.07. The van der Waals surface area contributed by atoms with Crippen molar-refractivity contribution in [2.45, 2.75) is 31.3 Å². The number of nitrogens with zero attached hydrogens (tertiary/aromatic N) is 1. The van der Waals surface area contributed by atoms with E-state index in [1.165, 1.54) is 18.4 Å². The lowest BCUT2D eigenvalue weighted by molar-refractivity contribution is -0.124. The highest BCUT2D eigenvalue weighted by molar-refractivity contribution is 5.78. The molecule has 1 saturated carbocycles. The van der Waals surface area contributed by atoms with Crippen LogP contribution < -0.4 is 5.32 Å². The van der Waals surface area contributed by atoms with Crippen LogP contribution in [0.4, 0.5) is 0 Å².